The fraction of sp³-hybridized carbons (Fsp3) is 0.423. The van der Waals surface area contributed by atoms with Crippen molar-refractivity contribution < 1.29 is 24.2 Å². The molecule has 2 aromatic carbocycles. The third kappa shape index (κ3) is 4.32. The molecule has 0 heterocycles. The highest BCUT2D eigenvalue weighted by Gasteiger charge is 2.44. The van der Waals surface area contributed by atoms with Gasteiger partial charge in [-0.05, 0) is 47.4 Å². The normalized spacial score (nSPS) is 25.1. The second-order valence-electron chi connectivity index (χ2n) is 9.30. The number of aliphatic carboxylic acids is 1. The number of carboxylic acid groups (broad SMARTS) is 1. The third-order valence-electron chi connectivity index (χ3n) is 7.28. The number of fused-ring (bicyclic) bond motifs is 3. The molecule has 3 aliphatic carbocycles. The summed E-state index contributed by atoms with van der Waals surface area (Å²) in [5, 5.41) is 14.8. The standard InChI is InChI=1S/C26H28N2O5/c29-24(27-13-15-12-21(15)25(30)31)20-10-5-11-23(20)28-26(32)33-14-22-18-8-3-1-6-16(18)17-7-2-4-9-19(17)22/h1-4,6-9,15,20-23H,5,10-14H2,(H,27,29)(H,28,32)(H,30,31)/t15-,20?,21-,23?/m0/s1. The van der Waals surface area contributed by atoms with Crippen LogP contribution in [0.1, 0.15) is 42.7 Å². The number of nitrogens with one attached hydrogen (secondary N) is 2. The average Bonchev–Trinajstić information content (AvgIpc) is 3.35. The van der Waals surface area contributed by atoms with Gasteiger partial charge in [0.05, 0.1) is 11.8 Å². The Labute approximate surface area is 192 Å². The van der Waals surface area contributed by atoms with Crippen molar-refractivity contribution in [2.24, 2.45) is 17.8 Å². The Bertz CT molecular complexity index is 1040. The molecule has 7 nitrogen and oxygen atoms in total. The second-order valence-corrected chi connectivity index (χ2v) is 9.30. The lowest BCUT2D eigenvalue weighted by atomic mass is 9.98. The minimum atomic E-state index is -0.801. The molecule has 2 unspecified atom stereocenters. The molecule has 7 heteroatoms. The summed E-state index contributed by atoms with van der Waals surface area (Å²) >= 11 is 0. The first-order valence-electron chi connectivity index (χ1n) is 11.6. The van der Waals surface area contributed by atoms with E-state index in [1.165, 1.54) is 11.1 Å². The Kier molecular flexibility index (Phi) is 5.79. The highest BCUT2D eigenvalue weighted by Crippen LogP contribution is 2.44. The number of hydrogen-bond acceptors (Lipinski definition) is 4. The number of alkyl carbamates (subject to hydrolysis) is 1. The number of hydrogen-bond donors (Lipinski definition) is 3. The molecule has 5 rings (SSSR count). The molecule has 0 aromatic heterocycles. The maximum atomic E-state index is 12.6. The van der Waals surface area contributed by atoms with E-state index in [-0.39, 0.29) is 42.2 Å². The SMILES string of the molecule is O=C(NC1CCCC1C(=O)NC[C@@H]1C[C@@H]1C(=O)O)OCC1c2ccccc2-c2ccccc21. The van der Waals surface area contributed by atoms with Crippen LogP contribution in [0.2, 0.25) is 0 Å². The van der Waals surface area contributed by atoms with E-state index in [1.807, 2.05) is 24.3 Å². The van der Waals surface area contributed by atoms with Crippen molar-refractivity contribution in [2.45, 2.75) is 37.6 Å². The zero-order valence-electron chi connectivity index (χ0n) is 18.3. The van der Waals surface area contributed by atoms with Crippen LogP contribution in [0, 0.1) is 17.8 Å². The molecule has 2 fully saturated rings. The van der Waals surface area contributed by atoms with Crippen LogP contribution in [-0.2, 0) is 14.3 Å². The van der Waals surface area contributed by atoms with Gasteiger partial charge in [-0.3, -0.25) is 9.59 Å². The zero-order chi connectivity index (χ0) is 22.9. The first kappa shape index (κ1) is 21.5. The van der Waals surface area contributed by atoms with Crippen LogP contribution in [0.15, 0.2) is 48.5 Å². The summed E-state index contributed by atoms with van der Waals surface area (Å²) in [6, 6.07) is 16.1. The average molecular weight is 449 g/mol. The van der Waals surface area contributed by atoms with Gasteiger partial charge in [-0.25, -0.2) is 4.79 Å². The van der Waals surface area contributed by atoms with E-state index >= 15 is 0 Å². The fourth-order valence-corrected chi connectivity index (χ4v) is 5.38. The van der Waals surface area contributed by atoms with Crippen LogP contribution in [0.5, 0.6) is 0 Å². The highest BCUT2D eigenvalue weighted by molar-refractivity contribution is 5.81. The lowest BCUT2D eigenvalue weighted by Gasteiger charge is -2.21. The summed E-state index contributed by atoms with van der Waals surface area (Å²) < 4.78 is 5.63. The first-order valence-corrected chi connectivity index (χ1v) is 11.6. The van der Waals surface area contributed by atoms with Crippen molar-refractivity contribution in [3.8, 4) is 11.1 Å². The smallest absolute Gasteiger partial charge is 0.407 e. The molecule has 3 aliphatic rings. The van der Waals surface area contributed by atoms with Crippen molar-refractivity contribution in [2.75, 3.05) is 13.2 Å². The predicted molar refractivity (Wildman–Crippen MR) is 122 cm³/mol. The summed E-state index contributed by atoms with van der Waals surface area (Å²) in [5.41, 5.74) is 4.67. The minimum absolute atomic E-state index is 0.00783. The molecule has 2 saturated carbocycles. The van der Waals surface area contributed by atoms with Gasteiger partial charge in [0.15, 0.2) is 0 Å². The van der Waals surface area contributed by atoms with E-state index in [9.17, 15) is 14.4 Å². The quantitative estimate of drug-likeness (QED) is 0.601. The Hall–Kier alpha value is -3.35. The Balaban J connectivity index is 1.15. The number of benzene rings is 2. The zero-order valence-corrected chi connectivity index (χ0v) is 18.3. The number of carbonyl (C=O) groups is 3. The van der Waals surface area contributed by atoms with E-state index in [0.717, 1.165) is 24.0 Å². The van der Waals surface area contributed by atoms with E-state index in [4.69, 9.17) is 9.84 Å². The molecule has 4 atom stereocenters. The Morgan fingerprint density at radius 1 is 0.939 bits per heavy atom. The molecule has 2 amide bonds. The maximum absolute atomic E-state index is 12.6. The Morgan fingerprint density at radius 2 is 1.61 bits per heavy atom. The van der Waals surface area contributed by atoms with Gasteiger partial charge < -0.3 is 20.5 Å². The number of amides is 2. The number of ether oxygens (including phenoxy) is 1. The molecule has 0 radical (unpaired) electrons. The van der Waals surface area contributed by atoms with Crippen LogP contribution in [0.3, 0.4) is 0 Å². The van der Waals surface area contributed by atoms with Gasteiger partial charge in [0.2, 0.25) is 5.91 Å². The molecule has 2 aromatic rings. The fourth-order valence-electron chi connectivity index (χ4n) is 5.38. The van der Waals surface area contributed by atoms with Crippen molar-refractivity contribution in [1.29, 1.82) is 0 Å². The summed E-state index contributed by atoms with van der Waals surface area (Å²) in [7, 11) is 0. The van der Waals surface area contributed by atoms with Gasteiger partial charge in [0, 0.05) is 18.5 Å². The lowest BCUT2D eigenvalue weighted by molar-refractivity contribution is -0.139. The van der Waals surface area contributed by atoms with Crippen LogP contribution in [-0.4, -0.2) is 42.3 Å². The number of rotatable bonds is 7. The lowest BCUT2D eigenvalue weighted by Crippen LogP contribution is -2.44. The van der Waals surface area contributed by atoms with Crippen molar-refractivity contribution in [3.63, 3.8) is 0 Å². The van der Waals surface area contributed by atoms with Crippen LogP contribution < -0.4 is 10.6 Å². The third-order valence-corrected chi connectivity index (χ3v) is 7.28. The summed E-state index contributed by atoms with van der Waals surface area (Å²) in [4.78, 5) is 36.2. The molecule has 3 N–H and O–H groups in total. The van der Waals surface area contributed by atoms with E-state index in [0.29, 0.717) is 19.4 Å². The van der Waals surface area contributed by atoms with Crippen LogP contribution in [0.4, 0.5) is 4.79 Å². The maximum Gasteiger partial charge on any atom is 0.407 e. The monoisotopic (exact) mass is 448 g/mol. The van der Waals surface area contributed by atoms with Crippen molar-refractivity contribution >= 4 is 18.0 Å². The molecule has 33 heavy (non-hydrogen) atoms. The van der Waals surface area contributed by atoms with Gasteiger partial charge in [-0.1, -0.05) is 55.0 Å². The Morgan fingerprint density at radius 3 is 2.24 bits per heavy atom. The summed E-state index contributed by atoms with van der Waals surface area (Å²) in [6.45, 7) is 0.617. The number of carboxylic acids is 1. The van der Waals surface area contributed by atoms with E-state index in [1.54, 1.807) is 0 Å². The first-order chi connectivity index (χ1) is 16.0. The summed E-state index contributed by atoms with van der Waals surface area (Å²) in [5.74, 6) is -1.57. The van der Waals surface area contributed by atoms with Crippen LogP contribution >= 0.6 is 0 Å². The van der Waals surface area contributed by atoms with Gasteiger partial charge in [0.1, 0.15) is 6.61 Å². The van der Waals surface area contributed by atoms with E-state index < -0.39 is 12.1 Å². The molecular formula is C26H28N2O5. The molecule has 0 spiro atoms. The topological polar surface area (TPSA) is 105 Å². The predicted octanol–water partition coefficient (Wildman–Crippen LogP) is 3.53. The molecule has 0 saturated heterocycles. The van der Waals surface area contributed by atoms with Gasteiger partial charge in [-0.2, -0.15) is 0 Å². The van der Waals surface area contributed by atoms with Gasteiger partial charge in [0.25, 0.3) is 0 Å². The molecule has 0 aliphatic heterocycles. The van der Waals surface area contributed by atoms with Gasteiger partial charge in [-0.15, -0.1) is 0 Å². The second kappa shape index (κ2) is 8.89. The summed E-state index contributed by atoms with van der Waals surface area (Å²) in [6.07, 6.45) is 2.39. The largest absolute Gasteiger partial charge is 0.481 e. The molecule has 0 bridgehead atoms. The van der Waals surface area contributed by atoms with E-state index in [2.05, 4.69) is 34.9 Å². The van der Waals surface area contributed by atoms with Crippen molar-refractivity contribution in [3.05, 3.63) is 59.7 Å². The highest BCUT2D eigenvalue weighted by atomic mass is 16.5. The van der Waals surface area contributed by atoms with Gasteiger partial charge >= 0.3 is 12.1 Å². The molecular weight excluding hydrogens is 420 g/mol. The van der Waals surface area contributed by atoms with Crippen molar-refractivity contribution in [1.82, 2.24) is 10.6 Å². The van der Waals surface area contributed by atoms with Crippen LogP contribution in [0.25, 0.3) is 11.1 Å². The minimum Gasteiger partial charge on any atom is -0.481 e. The number of carbonyl (C=O) groups excluding carboxylic acids is 2. The molecule has 172 valence electrons.